The molecule has 0 aliphatic carbocycles. The van der Waals surface area contributed by atoms with Gasteiger partial charge in [0.1, 0.15) is 12.1 Å². The minimum Gasteiger partial charge on any atom is -0.454 e. The van der Waals surface area contributed by atoms with Crippen LogP contribution in [0.3, 0.4) is 0 Å². The van der Waals surface area contributed by atoms with Gasteiger partial charge >= 0.3 is 0 Å². The monoisotopic (exact) mass is 335 g/mol. The number of hydrogen-bond donors (Lipinski definition) is 1. The predicted octanol–water partition coefficient (Wildman–Crippen LogP) is 2.04. The molecule has 0 unspecified atom stereocenters. The zero-order valence-corrected chi connectivity index (χ0v) is 13.0. The second kappa shape index (κ2) is 6.44. The van der Waals surface area contributed by atoms with E-state index in [1.165, 1.54) is 12.4 Å². The number of rotatable bonds is 4. The van der Waals surface area contributed by atoms with Crippen molar-refractivity contribution in [2.75, 3.05) is 12.1 Å². The first-order valence-electron chi connectivity index (χ1n) is 7.49. The number of benzene rings is 1. The molecule has 1 aromatic carbocycles. The van der Waals surface area contributed by atoms with E-state index in [2.05, 4.69) is 20.4 Å². The van der Waals surface area contributed by atoms with E-state index in [4.69, 9.17) is 9.47 Å². The molecule has 0 spiro atoms. The van der Waals surface area contributed by atoms with Crippen LogP contribution in [-0.4, -0.2) is 32.4 Å². The molecule has 1 aliphatic rings. The SMILES string of the molecule is O=C(C=Cc1ccc2c(c1)OCO2)Nc1cc(-n2cccn2)ncn1. The van der Waals surface area contributed by atoms with Crippen LogP contribution in [0.1, 0.15) is 5.56 Å². The quantitative estimate of drug-likeness (QED) is 0.734. The van der Waals surface area contributed by atoms with E-state index >= 15 is 0 Å². The Labute approximate surface area is 142 Å². The molecule has 3 heterocycles. The Bertz CT molecular complexity index is 937. The van der Waals surface area contributed by atoms with Gasteiger partial charge in [0.25, 0.3) is 0 Å². The average Bonchev–Trinajstić information content (AvgIpc) is 3.31. The molecular weight excluding hydrogens is 322 g/mol. The number of amides is 1. The molecular formula is C17H13N5O3. The van der Waals surface area contributed by atoms with E-state index in [1.54, 1.807) is 41.4 Å². The summed E-state index contributed by atoms with van der Waals surface area (Å²) < 4.78 is 12.1. The summed E-state index contributed by atoms with van der Waals surface area (Å²) in [6.07, 6.45) is 7.89. The van der Waals surface area contributed by atoms with Crippen LogP contribution >= 0.6 is 0 Å². The molecule has 25 heavy (non-hydrogen) atoms. The first kappa shape index (κ1) is 14.9. The summed E-state index contributed by atoms with van der Waals surface area (Å²) in [5.74, 6) is 2.02. The fourth-order valence-corrected chi connectivity index (χ4v) is 2.30. The topological polar surface area (TPSA) is 91.2 Å². The van der Waals surface area contributed by atoms with Gasteiger partial charge in [0.05, 0.1) is 0 Å². The Morgan fingerprint density at radius 3 is 3.00 bits per heavy atom. The Balaban J connectivity index is 1.44. The van der Waals surface area contributed by atoms with Gasteiger partial charge in [-0.3, -0.25) is 4.79 Å². The summed E-state index contributed by atoms with van der Waals surface area (Å²) in [5.41, 5.74) is 0.833. The van der Waals surface area contributed by atoms with Crippen molar-refractivity contribution in [2.24, 2.45) is 0 Å². The standard InChI is InChI=1S/C17H13N5O3/c23-17(5-3-12-2-4-13-14(8-12)25-11-24-13)21-15-9-16(19-10-18-15)22-7-1-6-20-22/h1-10H,11H2,(H,18,19,21,23). The van der Waals surface area contributed by atoms with Crippen LogP contribution in [0.2, 0.25) is 0 Å². The van der Waals surface area contributed by atoms with Crippen LogP contribution in [0.15, 0.2) is 55.1 Å². The largest absolute Gasteiger partial charge is 0.454 e. The van der Waals surface area contributed by atoms with E-state index in [0.29, 0.717) is 23.1 Å². The Hall–Kier alpha value is -3.68. The summed E-state index contributed by atoms with van der Waals surface area (Å²) in [4.78, 5) is 20.2. The van der Waals surface area contributed by atoms with Crippen LogP contribution in [0.25, 0.3) is 11.9 Å². The smallest absolute Gasteiger partial charge is 0.249 e. The number of fused-ring (bicyclic) bond motifs is 1. The van der Waals surface area contributed by atoms with Gasteiger partial charge in [-0.1, -0.05) is 6.07 Å². The normalized spacial score (nSPS) is 12.5. The van der Waals surface area contributed by atoms with Gasteiger partial charge in [-0.2, -0.15) is 5.10 Å². The molecule has 2 aromatic heterocycles. The van der Waals surface area contributed by atoms with Crippen molar-refractivity contribution in [2.45, 2.75) is 0 Å². The number of aromatic nitrogens is 4. The molecule has 0 fully saturated rings. The number of nitrogens with one attached hydrogen (secondary N) is 1. The molecule has 1 N–H and O–H groups in total. The van der Waals surface area contributed by atoms with Crippen molar-refractivity contribution in [3.63, 3.8) is 0 Å². The minimum absolute atomic E-state index is 0.218. The first-order chi connectivity index (χ1) is 12.3. The number of anilines is 1. The number of hydrogen-bond acceptors (Lipinski definition) is 6. The van der Waals surface area contributed by atoms with Crippen molar-refractivity contribution < 1.29 is 14.3 Å². The lowest BCUT2D eigenvalue weighted by Crippen LogP contribution is -2.10. The molecule has 4 rings (SSSR count). The van der Waals surface area contributed by atoms with E-state index in [0.717, 1.165) is 5.56 Å². The number of nitrogens with zero attached hydrogens (tertiary/aromatic N) is 4. The van der Waals surface area contributed by atoms with Gasteiger partial charge in [0.15, 0.2) is 17.3 Å². The zero-order chi connectivity index (χ0) is 17.1. The first-order valence-corrected chi connectivity index (χ1v) is 7.49. The lowest BCUT2D eigenvalue weighted by atomic mass is 10.2. The van der Waals surface area contributed by atoms with E-state index in [9.17, 15) is 4.79 Å². The highest BCUT2D eigenvalue weighted by molar-refractivity contribution is 6.01. The molecule has 1 amide bonds. The van der Waals surface area contributed by atoms with Crippen LogP contribution in [0, 0.1) is 0 Å². The van der Waals surface area contributed by atoms with Gasteiger partial charge in [-0.05, 0) is 29.8 Å². The summed E-state index contributed by atoms with van der Waals surface area (Å²) in [5, 5.41) is 6.78. The lowest BCUT2D eigenvalue weighted by molar-refractivity contribution is -0.111. The summed E-state index contributed by atoms with van der Waals surface area (Å²) in [6.45, 7) is 0.218. The van der Waals surface area contributed by atoms with E-state index < -0.39 is 0 Å². The molecule has 3 aromatic rings. The van der Waals surface area contributed by atoms with Crippen molar-refractivity contribution in [1.82, 2.24) is 19.7 Å². The van der Waals surface area contributed by atoms with Crippen molar-refractivity contribution in [1.29, 1.82) is 0 Å². The molecule has 124 valence electrons. The van der Waals surface area contributed by atoms with E-state index in [1.807, 2.05) is 12.1 Å². The van der Waals surface area contributed by atoms with Crippen molar-refractivity contribution >= 4 is 17.8 Å². The van der Waals surface area contributed by atoms with Gasteiger partial charge in [0.2, 0.25) is 12.7 Å². The maximum atomic E-state index is 12.1. The van der Waals surface area contributed by atoms with Crippen LogP contribution < -0.4 is 14.8 Å². The van der Waals surface area contributed by atoms with Crippen molar-refractivity contribution in [3.05, 3.63) is 60.7 Å². The maximum absolute atomic E-state index is 12.1. The third-order valence-corrected chi connectivity index (χ3v) is 3.47. The number of ether oxygens (including phenoxy) is 2. The minimum atomic E-state index is -0.303. The highest BCUT2D eigenvalue weighted by Gasteiger charge is 2.12. The number of carbonyl (C=O) groups excluding carboxylic acids is 1. The maximum Gasteiger partial charge on any atom is 0.249 e. The fourth-order valence-electron chi connectivity index (χ4n) is 2.30. The van der Waals surface area contributed by atoms with Crippen molar-refractivity contribution in [3.8, 4) is 17.3 Å². The van der Waals surface area contributed by atoms with Gasteiger partial charge < -0.3 is 14.8 Å². The summed E-state index contributed by atoms with van der Waals surface area (Å²) in [7, 11) is 0. The Kier molecular flexibility index (Phi) is 3.83. The van der Waals surface area contributed by atoms with E-state index in [-0.39, 0.29) is 12.7 Å². The lowest BCUT2D eigenvalue weighted by Gasteiger charge is -2.04. The second-order valence-corrected chi connectivity index (χ2v) is 5.15. The Morgan fingerprint density at radius 1 is 1.20 bits per heavy atom. The highest BCUT2D eigenvalue weighted by Crippen LogP contribution is 2.32. The van der Waals surface area contributed by atoms with Gasteiger partial charge in [-0.15, -0.1) is 0 Å². The molecule has 0 bridgehead atoms. The van der Waals surface area contributed by atoms with Crippen LogP contribution in [-0.2, 0) is 4.79 Å². The fraction of sp³-hybridized carbons (Fsp3) is 0.0588. The summed E-state index contributed by atoms with van der Waals surface area (Å²) in [6, 6.07) is 8.89. The molecule has 0 saturated carbocycles. The zero-order valence-electron chi connectivity index (χ0n) is 13.0. The average molecular weight is 335 g/mol. The Morgan fingerprint density at radius 2 is 2.12 bits per heavy atom. The van der Waals surface area contributed by atoms with Crippen LogP contribution in [0.5, 0.6) is 11.5 Å². The molecule has 1 aliphatic heterocycles. The third-order valence-electron chi connectivity index (χ3n) is 3.47. The van der Waals surface area contributed by atoms with Crippen LogP contribution in [0.4, 0.5) is 5.82 Å². The summed E-state index contributed by atoms with van der Waals surface area (Å²) >= 11 is 0. The third kappa shape index (κ3) is 3.32. The highest BCUT2D eigenvalue weighted by atomic mass is 16.7. The molecule has 0 radical (unpaired) electrons. The molecule has 0 saturated heterocycles. The molecule has 0 atom stereocenters. The number of carbonyl (C=O) groups is 1. The molecule has 8 heteroatoms. The van der Waals surface area contributed by atoms with Gasteiger partial charge in [0, 0.05) is 24.5 Å². The molecule has 8 nitrogen and oxygen atoms in total. The second-order valence-electron chi connectivity index (χ2n) is 5.15. The predicted molar refractivity (Wildman–Crippen MR) is 89.4 cm³/mol. The van der Waals surface area contributed by atoms with Gasteiger partial charge in [-0.25, -0.2) is 14.6 Å².